The fourth-order valence-electron chi connectivity index (χ4n) is 1.81. The average Bonchev–Trinajstić information content (AvgIpc) is 2.16. The highest BCUT2D eigenvalue weighted by molar-refractivity contribution is 7.79. The highest BCUT2D eigenvalue weighted by Gasteiger charge is 2.16. The second-order valence-electron chi connectivity index (χ2n) is 3.72. The van der Waals surface area contributed by atoms with Crippen LogP contribution in [0.15, 0.2) is 23.1 Å². The summed E-state index contributed by atoms with van der Waals surface area (Å²) in [5.41, 5.74) is 1.89. The summed E-state index contributed by atoms with van der Waals surface area (Å²) in [4.78, 5) is 0.384. The van der Waals surface area contributed by atoms with Crippen LogP contribution in [0.5, 0.6) is 0 Å². The SMILES string of the molecule is C[C@H]1CNc2c(cccc2S(=O)[O-])C1. The van der Waals surface area contributed by atoms with Crippen LogP contribution >= 0.6 is 0 Å². The van der Waals surface area contributed by atoms with Gasteiger partial charge in [0.05, 0.1) is 5.69 Å². The molecule has 3 nitrogen and oxygen atoms in total. The molecule has 14 heavy (non-hydrogen) atoms. The summed E-state index contributed by atoms with van der Waals surface area (Å²) in [6.07, 6.45) is 0.952. The Morgan fingerprint density at radius 1 is 1.57 bits per heavy atom. The minimum Gasteiger partial charge on any atom is -0.768 e. The molecular formula is C10H12NO2S-. The van der Waals surface area contributed by atoms with Gasteiger partial charge in [-0.05, 0) is 35.0 Å². The zero-order valence-electron chi connectivity index (χ0n) is 7.95. The minimum absolute atomic E-state index is 0.384. The van der Waals surface area contributed by atoms with Gasteiger partial charge in [-0.25, -0.2) is 0 Å². The Hall–Kier alpha value is -0.870. The Labute approximate surface area is 85.8 Å². The molecule has 0 amide bonds. The van der Waals surface area contributed by atoms with Crippen LogP contribution in [0.4, 0.5) is 5.69 Å². The van der Waals surface area contributed by atoms with Crippen LogP contribution in [0.25, 0.3) is 0 Å². The first-order chi connectivity index (χ1) is 6.68. The fraction of sp³-hybridized carbons (Fsp3) is 0.400. The topological polar surface area (TPSA) is 52.2 Å². The summed E-state index contributed by atoms with van der Waals surface area (Å²) < 4.78 is 21.8. The highest BCUT2D eigenvalue weighted by atomic mass is 32.2. The number of fused-ring (bicyclic) bond motifs is 1. The zero-order valence-corrected chi connectivity index (χ0v) is 8.76. The van der Waals surface area contributed by atoms with Crippen molar-refractivity contribution in [2.24, 2.45) is 5.92 Å². The summed E-state index contributed by atoms with van der Waals surface area (Å²) in [5, 5.41) is 3.17. The Bertz CT molecular complexity index is 378. The molecule has 1 aromatic carbocycles. The van der Waals surface area contributed by atoms with Crippen LogP contribution in [0.3, 0.4) is 0 Å². The van der Waals surface area contributed by atoms with Crippen LogP contribution in [-0.4, -0.2) is 15.3 Å². The van der Waals surface area contributed by atoms with Gasteiger partial charge in [-0.2, -0.15) is 0 Å². The molecule has 0 fully saturated rings. The number of anilines is 1. The van der Waals surface area contributed by atoms with E-state index in [9.17, 15) is 8.76 Å². The molecule has 1 heterocycles. The molecule has 0 saturated heterocycles. The van der Waals surface area contributed by atoms with Crippen molar-refractivity contribution >= 4 is 16.8 Å². The highest BCUT2D eigenvalue weighted by Crippen LogP contribution is 2.29. The largest absolute Gasteiger partial charge is 0.768 e. The van der Waals surface area contributed by atoms with Crippen molar-refractivity contribution in [1.82, 2.24) is 0 Å². The quantitative estimate of drug-likeness (QED) is 0.715. The fourth-order valence-corrected chi connectivity index (χ4v) is 2.37. The third-order valence-electron chi connectivity index (χ3n) is 2.49. The minimum atomic E-state index is -2.14. The first kappa shape index (κ1) is 9.68. The van der Waals surface area contributed by atoms with E-state index in [0.717, 1.165) is 24.2 Å². The van der Waals surface area contributed by atoms with Crippen LogP contribution in [0.2, 0.25) is 0 Å². The van der Waals surface area contributed by atoms with E-state index in [-0.39, 0.29) is 0 Å². The molecule has 4 heteroatoms. The van der Waals surface area contributed by atoms with E-state index >= 15 is 0 Å². The van der Waals surface area contributed by atoms with Crippen molar-refractivity contribution < 1.29 is 8.76 Å². The first-order valence-corrected chi connectivity index (χ1v) is 5.71. The monoisotopic (exact) mass is 210 g/mol. The summed E-state index contributed by atoms with van der Waals surface area (Å²) in [6, 6.07) is 5.41. The second-order valence-corrected chi connectivity index (χ2v) is 4.62. The third-order valence-corrected chi connectivity index (χ3v) is 3.19. The van der Waals surface area contributed by atoms with E-state index in [4.69, 9.17) is 0 Å². The summed E-state index contributed by atoms with van der Waals surface area (Å²) >= 11 is -2.14. The van der Waals surface area contributed by atoms with Crippen LogP contribution in [-0.2, 0) is 17.5 Å². The van der Waals surface area contributed by atoms with E-state index in [0.29, 0.717) is 10.8 Å². The molecule has 0 aromatic heterocycles. The van der Waals surface area contributed by atoms with Crippen LogP contribution in [0, 0.1) is 5.92 Å². The lowest BCUT2D eigenvalue weighted by Gasteiger charge is -2.26. The van der Waals surface area contributed by atoms with Crippen molar-refractivity contribution in [3.63, 3.8) is 0 Å². The molecule has 0 aliphatic carbocycles. The number of benzene rings is 1. The van der Waals surface area contributed by atoms with Gasteiger partial charge in [0.25, 0.3) is 0 Å². The second kappa shape index (κ2) is 3.71. The average molecular weight is 210 g/mol. The molecule has 2 atom stereocenters. The zero-order chi connectivity index (χ0) is 10.1. The van der Waals surface area contributed by atoms with Crippen molar-refractivity contribution in [3.05, 3.63) is 23.8 Å². The first-order valence-electron chi connectivity index (χ1n) is 4.63. The summed E-state index contributed by atoms with van der Waals surface area (Å²) in [7, 11) is 0. The maximum Gasteiger partial charge on any atom is 0.0525 e. The van der Waals surface area contributed by atoms with Gasteiger partial charge in [0.2, 0.25) is 0 Å². The predicted octanol–water partition coefficient (Wildman–Crippen LogP) is 1.53. The number of hydrogen-bond donors (Lipinski definition) is 1. The number of hydrogen-bond acceptors (Lipinski definition) is 3. The Balaban J connectivity index is 2.46. The van der Waals surface area contributed by atoms with E-state index in [1.807, 2.05) is 6.07 Å². The van der Waals surface area contributed by atoms with Crippen molar-refractivity contribution in [1.29, 1.82) is 0 Å². The molecule has 76 valence electrons. The smallest absolute Gasteiger partial charge is 0.0525 e. The summed E-state index contributed by atoms with van der Waals surface area (Å²) in [6.45, 7) is 3.00. The summed E-state index contributed by atoms with van der Waals surface area (Å²) in [5.74, 6) is 0.567. The standard InChI is InChI=1S/C10H13NO2S/c1-7-5-8-3-2-4-9(14(12)13)10(8)11-6-7/h2-4,7,11H,5-6H2,1H3,(H,12,13)/p-1/t7-/m1/s1. The van der Waals surface area contributed by atoms with Crippen LogP contribution in [0.1, 0.15) is 12.5 Å². The molecule has 1 unspecified atom stereocenters. The molecule has 1 aliphatic heterocycles. The Kier molecular flexibility index (Phi) is 2.56. The number of para-hydroxylation sites is 1. The van der Waals surface area contributed by atoms with Crippen LogP contribution < -0.4 is 5.32 Å². The van der Waals surface area contributed by atoms with E-state index in [2.05, 4.69) is 12.2 Å². The number of rotatable bonds is 1. The van der Waals surface area contributed by atoms with Gasteiger partial charge in [-0.1, -0.05) is 19.1 Å². The van der Waals surface area contributed by atoms with E-state index < -0.39 is 11.1 Å². The van der Waals surface area contributed by atoms with Gasteiger partial charge in [0.1, 0.15) is 0 Å². The molecule has 1 aliphatic rings. The van der Waals surface area contributed by atoms with Crippen molar-refractivity contribution in [3.8, 4) is 0 Å². The van der Waals surface area contributed by atoms with E-state index in [1.165, 1.54) is 0 Å². The van der Waals surface area contributed by atoms with Gasteiger partial charge < -0.3 is 9.87 Å². The van der Waals surface area contributed by atoms with Crippen molar-refractivity contribution in [2.45, 2.75) is 18.2 Å². The number of nitrogens with one attached hydrogen (secondary N) is 1. The van der Waals surface area contributed by atoms with Gasteiger partial charge in [0, 0.05) is 11.4 Å². The third kappa shape index (κ3) is 1.67. The van der Waals surface area contributed by atoms with Gasteiger partial charge in [-0.15, -0.1) is 0 Å². The Morgan fingerprint density at radius 3 is 3.07 bits per heavy atom. The maximum atomic E-state index is 10.9. The lowest BCUT2D eigenvalue weighted by Crippen LogP contribution is -2.21. The van der Waals surface area contributed by atoms with Gasteiger partial charge in [-0.3, -0.25) is 4.21 Å². The molecular weight excluding hydrogens is 198 g/mol. The van der Waals surface area contributed by atoms with Crippen molar-refractivity contribution in [2.75, 3.05) is 11.9 Å². The molecule has 1 N–H and O–H groups in total. The van der Waals surface area contributed by atoms with Gasteiger partial charge in [0.15, 0.2) is 0 Å². The lowest BCUT2D eigenvalue weighted by molar-refractivity contribution is 0.535. The molecule has 2 rings (SSSR count). The lowest BCUT2D eigenvalue weighted by atomic mass is 9.96. The normalized spacial score (nSPS) is 22.3. The molecule has 0 spiro atoms. The Morgan fingerprint density at radius 2 is 2.36 bits per heavy atom. The molecule has 0 radical (unpaired) electrons. The maximum absolute atomic E-state index is 10.9. The van der Waals surface area contributed by atoms with E-state index in [1.54, 1.807) is 12.1 Å². The van der Waals surface area contributed by atoms with Gasteiger partial charge >= 0.3 is 0 Å². The molecule has 0 bridgehead atoms. The molecule has 0 saturated carbocycles. The predicted molar refractivity (Wildman–Crippen MR) is 55.0 cm³/mol. The molecule has 1 aromatic rings.